The summed E-state index contributed by atoms with van der Waals surface area (Å²) < 4.78 is 4.88. The van der Waals surface area contributed by atoms with Gasteiger partial charge in [-0.1, -0.05) is 12.1 Å². The van der Waals surface area contributed by atoms with Gasteiger partial charge in [0.1, 0.15) is 0 Å². The van der Waals surface area contributed by atoms with Crippen LogP contribution in [0.5, 0.6) is 0 Å². The second kappa shape index (κ2) is 6.95. The molecular weight excluding hydrogens is 258 g/mol. The van der Waals surface area contributed by atoms with Crippen molar-refractivity contribution in [2.45, 2.75) is 11.8 Å². The van der Waals surface area contributed by atoms with Crippen molar-refractivity contribution in [1.82, 2.24) is 4.98 Å². The standard InChI is InChI=1S/C15H14NO2S/c1-2-18-15(17)11-19-13-8-6-12(7-9-13)14-5-3-4-10-16-14/h4-10H,2,11H2,1H3. The monoisotopic (exact) mass is 272 g/mol. The minimum atomic E-state index is -0.184. The number of carbonyl (C=O) groups is 1. The molecular formula is C15H14NO2S. The number of benzene rings is 1. The molecule has 1 radical (unpaired) electrons. The number of thioether (sulfide) groups is 1. The Morgan fingerprint density at radius 1 is 1.37 bits per heavy atom. The molecule has 97 valence electrons. The zero-order valence-electron chi connectivity index (χ0n) is 10.6. The number of hydrogen-bond acceptors (Lipinski definition) is 4. The number of aromatic nitrogens is 1. The number of esters is 1. The Bertz CT molecular complexity index is 526. The molecule has 0 aliphatic heterocycles. The van der Waals surface area contributed by atoms with Gasteiger partial charge in [0.15, 0.2) is 0 Å². The third-order valence-electron chi connectivity index (χ3n) is 2.42. The van der Waals surface area contributed by atoms with E-state index in [1.165, 1.54) is 11.8 Å². The lowest BCUT2D eigenvalue weighted by Crippen LogP contribution is -2.06. The van der Waals surface area contributed by atoms with Crippen molar-refractivity contribution in [2.75, 3.05) is 12.4 Å². The van der Waals surface area contributed by atoms with E-state index in [0.717, 1.165) is 16.2 Å². The zero-order chi connectivity index (χ0) is 13.5. The molecule has 0 aliphatic rings. The highest BCUT2D eigenvalue weighted by molar-refractivity contribution is 8.00. The van der Waals surface area contributed by atoms with Crippen LogP contribution in [0, 0.1) is 6.07 Å². The van der Waals surface area contributed by atoms with Crippen molar-refractivity contribution < 1.29 is 9.53 Å². The fourth-order valence-electron chi connectivity index (χ4n) is 1.55. The van der Waals surface area contributed by atoms with E-state index in [0.29, 0.717) is 12.4 Å². The highest BCUT2D eigenvalue weighted by Gasteiger charge is 2.04. The first-order chi connectivity index (χ1) is 9.29. The Balaban J connectivity index is 1.97. The Kier molecular flexibility index (Phi) is 4.98. The molecule has 3 nitrogen and oxygen atoms in total. The Morgan fingerprint density at radius 3 is 2.79 bits per heavy atom. The second-order valence-electron chi connectivity index (χ2n) is 3.76. The van der Waals surface area contributed by atoms with E-state index in [4.69, 9.17) is 4.74 Å². The van der Waals surface area contributed by atoms with Gasteiger partial charge in [-0.2, -0.15) is 0 Å². The summed E-state index contributed by atoms with van der Waals surface area (Å²) in [7, 11) is 0. The highest BCUT2D eigenvalue weighted by Crippen LogP contribution is 2.22. The van der Waals surface area contributed by atoms with Crippen molar-refractivity contribution in [3.05, 3.63) is 48.7 Å². The lowest BCUT2D eigenvalue weighted by Gasteiger charge is -2.04. The van der Waals surface area contributed by atoms with Gasteiger partial charge in [-0.25, -0.2) is 0 Å². The van der Waals surface area contributed by atoms with Gasteiger partial charge in [-0.15, -0.1) is 11.8 Å². The molecule has 1 aromatic carbocycles. The molecule has 0 saturated carbocycles. The minimum Gasteiger partial charge on any atom is -0.465 e. The number of rotatable bonds is 5. The van der Waals surface area contributed by atoms with Gasteiger partial charge in [0.2, 0.25) is 0 Å². The largest absolute Gasteiger partial charge is 0.465 e. The number of ether oxygens (including phenoxy) is 1. The molecule has 0 unspecified atom stereocenters. The van der Waals surface area contributed by atoms with E-state index in [1.54, 1.807) is 19.2 Å². The fourth-order valence-corrected chi connectivity index (χ4v) is 2.25. The van der Waals surface area contributed by atoms with E-state index >= 15 is 0 Å². The Morgan fingerprint density at radius 2 is 2.16 bits per heavy atom. The van der Waals surface area contributed by atoms with Crippen LogP contribution in [0.15, 0.2) is 47.5 Å². The molecule has 2 aromatic rings. The van der Waals surface area contributed by atoms with Crippen LogP contribution in [-0.2, 0) is 9.53 Å². The number of nitrogens with zero attached hydrogens (tertiary/aromatic N) is 1. The highest BCUT2D eigenvalue weighted by atomic mass is 32.2. The third-order valence-corrected chi connectivity index (χ3v) is 3.40. The minimum absolute atomic E-state index is 0.184. The van der Waals surface area contributed by atoms with E-state index in [9.17, 15) is 4.79 Å². The molecule has 0 bridgehead atoms. The number of carbonyl (C=O) groups excluding carboxylic acids is 1. The molecule has 0 atom stereocenters. The lowest BCUT2D eigenvalue weighted by molar-refractivity contribution is -0.139. The van der Waals surface area contributed by atoms with Gasteiger partial charge >= 0.3 is 5.97 Å². The predicted octanol–water partition coefficient (Wildman–Crippen LogP) is 3.20. The van der Waals surface area contributed by atoms with Gasteiger partial charge in [0.25, 0.3) is 0 Å². The molecule has 1 heterocycles. The van der Waals surface area contributed by atoms with Crippen LogP contribution in [0.2, 0.25) is 0 Å². The summed E-state index contributed by atoms with van der Waals surface area (Å²) in [5.74, 6) is 0.153. The van der Waals surface area contributed by atoms with Gasteiger partial charge in [0.05, 0.1) is 18.1 Å². The molecule has 1 aromatic heterocycles. The topological polar surface area (TPSA) is 39.2 Å². The Hall–Kier alpha value is -1.81. The summed E-state index contributed by atoms with van der Waals surface area (Å²) in [5.41, 5.74) is 1.93. The first-order valence-electron chi connectivity index (χ1n) is 6.00. The van der Waals surface area contributed by atoms with Crippen molar-refractivity contribution in [1.29, 1.82) is 0 Å². The van der Waals surface area contributed by atoms with E-state index < -0.39 is 0 Å². The SMILES string of the molecule is CCOC(=O)CSc1ccc(-c2c[c]ccn2)cc1. The fraction of sp³-hybridized carbons (Fsp3) is 0.200. The van der Waals surface area contributed by atoms with Gasteiger partial charge < -0.3 is 4.74 Å². The summed E-state index contributed by atoms with van der Waals surface area (Å²) in [6.45, 7) is 2.23. The molecule has 19 heavy (non-hydrogen) atoms. The first kappa shape index (κ1) is 13.6. The van der Waals surface area contributed by atoms with Crippen LogP contribution in [0.3, 0.4) is 0 Å². The van der Waals surface area contributed by atoms with E-state index in [1.807, 2.05) is 30.3 Å². The average molecular weight is 272 g/mol. The van der Waals surface area contributed by atoms with Gasteiger partial charge in [-0.3, -0.25) is 9.78 Å². The maximum Gasteiger partial charge on any atom is 0.316 e. The van der Waals surface area contributed by atoms with E-state index in [2.05, 4.69) is 11.1 Å². The predicted molar refractivity (Wildman–Crippen MR) is 75.9 cm³/mol. The summed E-state index contributed by atoms with van der Waals surface area (Å²) in [6.07, 6.45) is 1.72. The molecule has 0 saturated heterocycles. The summed E-state index contributed by atoms with van der Waals surface area (Å²) in [6, 6.07) is 14.6. The molecule has 0 amide bonds. The van der Waals surface area contributed by atoms with Crippen LogP contribution < -0.4 is 0 Å². The quantitative estimate of drug-likeness (QED) is 0.619. The molecule has 0 aliphatic carbocycles. The molecule has 0 N–H and O–H groups in total. The molecule has 0 fully saturated rings. The summed E-state index contributed by atoms with van der Waals surface area (Å²) in [4.78, 5) is 16.6. The van der Waals surface area contributed by atoms with E-state index in [-0.39, 0.29) is 5.97 Å². The van der Waals surface area contributed by atoms with Crippen LogP contribution in [0.1, 0.15) is 6.92 Å². The van der Waals surface area contributed by atoms with Crippen molar-refractivity contribution in [3.8, 4) is 11.3 Å². The first-order valence-corrected chi connectivity index (χ1v) is 6.99. The maximum atomic E-state index is 11.2. The molecule has 2 rings (SSSR count). The second-order valence-corrected chi connectivity index (χ2v) is 4.81. The van der Waals surface area contributed by atoms with Gasteiger partial charge in [-0.05, 0) is 37.3 Å². The number of pyridine rings is 1. The van der Waals surface area contributed by atoms with Crippen LogP contribution in [-0.4, -0.2) is 23.3 Å². The third kappa shape index (κ3) is 4.10. The van der Waals surface area contributed by atoms with Crippen molar-refractivity contribution in [3.63, 3.8) is 0 Å². The van der Waals surface area contributed by atoms with Crippen LogP contribution >= 0.6 is 11.8 Å². The lowest BCUT2D eigenvalue weighted by atomic mass is 10.1. The average Bonchev–Trinajstić information content (AvgIpc) is 2.47. The zero-order valence-corrected chi connectivity index (χ0v) is 11.4. The van der Waals surface area contributed by atoms with Gasteiger partial charge in [0, 0.05) is 16.7 Å². The summed E-state index contributed by atoms with van der Waals surface area (Å²) >= 11 is 1.47. The number of hydrogen-bond donors (Lipinski definition) is 0. The molecule has 4 heteroatoms. The van der Waals surface area contributed by atoms with Crippen molar-refractivity contribution in [2.24, 2.45) is 0 Å². The summed E-state index contributed by atoms with van der Waals surface area (Å²) in [5, 5.41) is 0. The van der Waals surface area contributed by atoms with Crippen LogP contribution in [0.4, 0.5) is 0 Å². The van der Waals surface area contributed by atoms with Crippen molar-refractivity contribution >= 4 is 17.7 Å². The Labute approximate surface area is 117 Å². The smallest absolute Gasteiger partial charge is 0.316 e. The molecule has 0 spiro atoms. The maximum absolute atomic E-state index is 11.2. The normalized spacial score (nSPS) is 10.2. The van der Waals surface area contributed by atoms with Crippen LogP contribution in [0.25, 0.3) is 11.3 Å².